The maximum atomic E-state index is 12.9. The quantitative estimate of drug-likeness (QED) is 0.866. The van der Waals surface area contributed by atoms with Crippen LogP contribution in [0.25, 0.3) is 0 Å². The van der Waals surface area contributed by atoms with Crippen molar-refractivity contribution in [3.05, 3.63) is 35.6 Å². The van der Waals surface area contributed by atoms with E-state index >= 15 is 0 Å². The number of amides is 1. The summed E-state index contributed by atoms with van der Waals surface area (Å²) in [6.45, 7) is 3.49. The Morgan fingerprint density at radius 1 is 1.25 bits per heavy atom. The lowest BCUT2D eigenvalue weighted by atomic mass is 10.2. The molecular weight excluding hydrogens is 281 g/mol. The Morgan fingerprint density at radius 3 is 2.25 bits per heavy atom. The standard InChI is InChI=1S/C14H22FN3O.ClH/c1-11(16)14(19)18(9-8-17(2)3)10-12-4-6-13(15)7-5-12;/h4-7,11H,8-10,16H2,1-3H3;1H. The van der Waals surface area contributed by atoms with Crippen LogP contribution in [0.1, 0.15) is 12.5 Å². The van der Waals surface area contributed by atoms with Gasteiger partial charge in [-0.25, -0.2) is 4.39 Å². The van der Waals surface area contributed by atoms with E-state index in [4.69, 9.17) is 5.73 Å². The first-order chi connectivity index (χ1) is 8.90. The van der Waals surface area contributed by atoms with Crippen molar-refractivity contribution in [3.63, 3.8) is 0 Å². The molecule has 0 bridgehead atoms. The van der Waals surface area contributed by atoms with E-state index in [0.717, 1.165) is 12.1 Å². The van der Waals surface area contributed by atoms with Gasteiger partial charge in [-0.1, -0.05) is 12.1 Å². The Morgan fingerprint density at radius 2 is 1.80 bits per heavy atom. The van der Waals surface area contributed by atoms with E-state index in [0.29, 0.717) is 13.1 Å². The molecule has 114 valence electrons. The molecule has 1 amide bonds. The topological polar surface area (TPSA) is 49.6 Å². The number of hydrogen-bond acceptors (Lipinski definition) is 3. The molecule has 1 unspecified atom stereocenters. The Balaban J connectivity index is 0.00000361. The average Bonchev–Trinajstić information content (AvgIpc) is 2.35. The SMILES string of the molecule is CC(N)C(=O)N(CCN(C)C)Cc1ccc(F)cc1.Cl. The number of benzene rings is 1. The lowest BCUT2D eigenvalue weighted by Gasteiger charge is -2.26. The summed E-state index contributed by atoms with van der Waals surface area (Å²) in [6, 6.07) is 5.65. The van der Waals surface area contributed by atoms with E-state index in [9.17, 15) is 9.18 Å². The number of halogens is 2. The fraction of sp³-hybridized carbons (Fsp3) is 0.500. The van der Waals surface area contributed by atoms with E-state index in [-0.39, 0.29) is 24.1 Å². The van der Waals surface area contributed by atoms with Crippen LogP contribution >= 0.6 is 12.4 Å². The van der Waals surface area contributed by atoms with Gasteiger partial charge in [0.25, 0.3) is 0 Å². The van der Waals surface area contributed by atoms with Crippen molar-refractivity contribution >= 4 is 18.3 Å². The number of likely N-dealkylation sites (N-methyl/N-ethyl adjacent to an activating group) is 1. The van der Waals surface area contributed by atoms with Crippen LogP contribution in [-0.2, 0) is 11.3 Å². The van der Waals surface area contributed by atoms with Crippen molar-refractivity contribution in [2.75, 3.05) is 27.2 Å². The lowest BCUT2D eigenvalue weighted by molar-refractivity contribution is -0.133. The van der Waals surface area contributed by atoms with Gasteiger partial charge in [-0.05, 0) is 38.7 Å². The van der Waals surface area contributed by atoms with Gasteiger partial charge in [0.15, 0.2) is 0 Å². The van der Waals surface area contributed by atoms with Crippen molar-refractivity contribution in [1.82, 2.24) is 9.80 Å². The summed E-state index contributed by atoms with van der Waals surface area (Å²) in [4.78, 5) is 15.7. The summed E-state index contributed by atoms with van der Waals surface area (Å²) < 4.78 is 12.9. The summed E-state index contributed by atoms with van der Waals surface area (Å²) in [5, 5.41) is 0. The summed E-state index contributed by atoms with van der Waals surface area (Å²) in [6.07, 6.45) is 0. The molecular formula is C14H23ClFN3O. The maximum absolute atomic E-state index is 12.9. The Bertz CT molecular complexity index is 409. The molecule has 20 heavy (non-hydrogen) atoms. The van der Waals surface area contributed by atoms with Gasteiger partial charge in [-0.3, -0.25) is 4.79 Å². The molecule has 0 saturated heterocycles. The molecule has 0 radical (unpaired) electrons. The van der Waals surface area contributed by atoms with Gasteiger partial charge in [0.1, 0.15) is 5.82 Å². The fourth-order valence-corrected chi connectivity index (χ4v) is 1.69. The van der Waals surface area contributed by atoms with Crippen LogP contribution in [0.4, 0.5) is 4.39 Å². The molecule has 4 nitrogen and oxygen atoms in total. The van der Waals surface area contributed by atoms with Gasteiger partial charge in [0, 0.05) is 19.6 Å². The van der Waals surface area contributed by atoms with Crippen LogP contribution in [0.15, 0.2) is 24.3 Å². The molecule has 1 aromatic rings. The molecule has 6 heteroatoms. The summed E-state index contributed by atoms with van der Waals surface area (Å²) in [5.74, 6) is -0.367. The van der Waals surface area contributed by atoms with Crippen molar-refractivity contribution < 1.29 is 9.18 Å². The highest BCUT2D eigenvalue weighted by atomic mass is 35.5. The second kappa shape index (κ2) is 8.89. The highest BCUT2D eigenvalue weighted by Gasteiger charge is 2.17. The van der Waals surface area contributed by atoms with Crippen LogP contribution in [-0.4, -0.2) is 48.9 Å². The van der Waals surface area contributed by atoms with Crippen molar-refractivity contribution in [2.24, 2.45) is 5.73 Å². The lowest BCUT2D eigenvalue weighted by Crippen LogP contribution is -2.44. The number of carbonyl (C=O) groups is 1. The molecule has 0 spiro atoms. The van der Waals surface area contributed by atoms with Crippen molar-refractivity contribution in [1.29, 1.82) is 0 Å². The largest absolute Gasteiger partial charge is 0.336 e. The normalized spacial score (nSPS) is 11.9. The second-order valence-corrected chi connectivity index (χ2v) is 4.98. The molecule has 0 aromatic heterocycles. The predicted molar refractivity (Wildman–Crippen MR) is 81.3 cm³/mol. The van der Waals surface area contributed by atoms with E-state index < -0.39 is 6.04 Å². The third-order valence-electron chi connectivity index (χ3n) is 2.81. The van der Waals surface area contributed by atoms with Crippen molar-refractivity contribution in [3.8, 4) is 0 Å². The van der Waals surface area contributed by atoms with Gasteiger partial charge in [-0.2, -0.15) is 0 Å². The molecule has 0 aliphatic carbocycles. The van der Waals surface area contributed by atoms with Gasteiger partial charge >= 0.3 is 0 Å². The minimum atomic E-state index is -0.525. The molecule has 0 aliphatic rings. The summed E-state index contributed by atoms with van der Waals surface area (Å²) in [7, 11) is 3.90. The molecule has 0 saturated carbocycles. The van der Waals surface area contributed by atoms with Gasteiger partial charge < -0.3 is 15.5 Å². The highest BCUT2D eigenvalue weighted by Crippen LogP contribution is 2.08. The Hall–Kier alpha value is -1.17. The summed E-state index contributed by atoms with van der Waals surface area (Å²) >= 11 is 0. The molecule has 1 rings (SSSR count). The van der Waals surface area contributed by atoms with E-state index in [1.54, 1.807) is 24.0 Å². The first-order valence-corrected chi connectivity index (χ1v) is 6.33. The van der Waals surface area contributed by atoms with Crippen LogP contribution in [0.3, 0.4) is 0 Å². The van der Waals surface area contributed by atoms with Crippen molar-refractivity contribution in [2.45, 2.75) is 19.5 Å². The van der Waals surface area contributed by atoms with Gasteiger partial charge in [0.05, 0.1) is 6.04 Å². The highest BCUT2D eigenvalue weighted by molar-refractivity contribution is 5.85. The van der Waals surface area contributed by atoms with E-state index in [2.05, 4.69) is 0 Å². The zero-order chi connectivity index (χ0) is 14.4. The number of rotatable bonds is 6. The second-order valence-electron chi connectivity index (χ2n) is 4.98. The molecule has 1 atom stereocenters. The van der Waals surface area contributed by atoms with Gasteiger partial charge in [0.2, 0.25) is 5.91 Å². The monoisotopic (exact) mass is 303 g/mol. The number of carbonyl (C=O) groups excluding carboxylic acids is 1. The zero-order valence-electron chi connectivity index (χ0n) is 12.2. The molecule has 0 heterocycles. The molecule has 0 aliphatic heterocycles. The number of hydrogen-bond donors (Lipinski definition) is 1. The first kappa shape index (κ1) is 18.8. The third-order valence-corrected chi connectivity index (χ3v) is 2.81. The molecule has 1 aromatic carbocycles. The van der Waals surface area contributed by atoms with E-state index in [1.165, 1.54) is 12.1 Å². The van der Waals surface area contributed by atoms with Crippen LogP contribution in [0.5, 0.6) is 0 Å². The predicted octanol–water partition coefficient (Wildman–Crippen LogP) is 1.48. The maximum Gasteiger partial charge on any atom is 0.239 e. The van der Waals surface area contributed by atoms with Crippen LogP contribution in [0, 0.1) is 5.82 Å². The Labute approximate surface area is 126 Å². The number of nitrogens with two attached hydrogens (primary N) is 1. The minimum Gasteiger partial charge on any atom is -0.336 e. The smallest absolute Gasteiger partial charge is 0.239 e. The van der Waals surface area contributed by atoms with E-state index in [1.807, 2.05) is 19.0 Å². The van der Waals surface area contributed by atoms with Crippen LogP contribution < -0.4 is 5.73 Å². The van der Waals surface area contributed by atoms with Gasteiger partial charge in [-0.15, -0.1) is 12.4 Å². The molecule has 0 fully saturated rings. The zero-order valence-corrected chi connectivity index (χ0v) is 13.0. The average molecular weight is 304 g/mol. The molecule has 2 N–H and O–H groups in total. The first-order valence-electron chi connectivity index (χ1n) is 6.33. The third kappa shape index (κ3) is 6.32. The summed E-state index contributed by atoms with van der Waals surface area (Å²) in [5.41, 5.74) is 6.55. The number of nitrogens with zero attached hydrogens (tertiary/aromatic N) is 2. The fourth-order valence-electron chi connectivity index (χ4n) is 1.69. The van der Waals surface area contributed by atoms with Crippen LogP contribution in [0.2, 0.25) is 0 Å². The Kier molecular flexibility index (Phi) is 8.37. The minimum absolute atomic E-state index is 0.